The Bertz CT molecular complexity index is 1650. The molecule has 19 heteroatoms. The molecule has 0 bridgehead atoms. The van der Waals surface area contributed by atoms with Crippen LogP contribution in [-0.4, -0.2) is 96.7 Å². The first-order valence-electron chi connectivity index (χ1n) is 34.6. The summed E-state index contributed by atoms with van der Waals surface area (Å²) in [5, 5.41) is 10.5. The molecule has 0 saturated carbocycles. The molecule has 0 fully saturated rings. The second-order valence-electron chi connectivity index (χ2n) is 24.3. The van der Waals surface area contributed by atoms with Crippen LogP contribution in [0.15, 0.2) is 0 Å². The molecule has 0 amide bonds. The van der Waals surface area contributed by atoms with Crippen molar-refractivity contribution in [2.75, 3.05) is 39.6 Å². The van der Waals surface area contributed by atoms with E-state index < -0.39 is 97.5 Å². The van der Waals surface area contributed by atoms with E-state index in [0.717, 1.165) is 95.8 Å². The van der Waals surface area contributed by atoms with E-state index in [1.165, 1.54) is 161 Å². The van der Waals surface area contributed by atoms with Crippen LogP contribution in [0.4, 0.5) is 0 Å². The van der Waals surface area contributed by atoms with Gasteiger partial charge in [-0.25, -0.2) is 9.13 Å². The molecule has 2 unspecified atom stereocenters. The molecule has 0 aromatic carbocycles. The number of unbranched alkanes of at least 4 members (excludes halogenated alkanes) is 38. The predicted octanol–water partition coefficient (Wildman–Crippen LogP) is 18.6. The Hall–Kier alpha value is -1.94. The zero-order valence-corrected chi connectivity index (χ0v) is 56.5. The van der Waals surface area contributed by atoms with Crippen molar-refractivity contribution in [1.29, 1.82) is 0 Å². The standard InChI is InChI=1S/C66H128O17P2/c1-6-9-12-15-18-21-23-26-31-35-40-45-50-64(69)77-56-62(83-66(71)52-47-42-37-32-27-24-25-29-33-38-43-48-59(4)5)58-81-85(74,75)79-54-60(67)53-78-84(72,73)80-57-61(55-76-63(68)49-44-39-34-28-20-17-14-11-8-3)82-65(70)51-46-41-36-30-22-19-16-13-10-7-2/h59-62,67H,6-58H2,1-5H3,(H,72,73)(H,74,75)/t60-,61+,62+/m0/s1. The maximum absolute atomic E-state index is 13.0. The minimum absolute atomic E-state index is 0.106. The highest BCUT2D eigenvalue weighted by Gasteiger charge is 2.30. The summed E-state index contributed by atoms with van der Waals surface area (Å²) in [5.41, 5.74) is 0. The Morgan fingerprint density at radius 3 is 0.800 bits per heavy atom. The van der Waals surface area contributed by atoms with Crippen molar-refractivity contribution in [2.24, 2.45) is 5.92 Å². The van der Waals surface area contributed by atoms with Gasteiger partial charge in [0.05, 0.1) is 26.4 Å². The van der Waals surface area contributed by atoms with Gasteiger partial charge in [-0.3, -0.25) is 37.3 Å². The Morgan fingerprint density at radius 1 is 0.318 bits per heavy atom. The van der Waals surface area contributed by atoms with Crippen molar-refractivity contribution in [2.45, 2.75) is 355 Å². The highest BCUT2D eigenvalue weighted by atomic mass is 31.2. The van der Waals surface area contributed by atoms with E-state index >= 15 is 0 Å². The van der Waals surface area contributed by atoms with E-state index in [-0.39, 0.29) is 25.7 Å². The van der Waals surface area contributed by atoms with Crippen LogP contribution in [0.1, 0.15) is 336 Å². The van der Waals surface area contributed by atoms with E-state index in [0.29, 0.717) is 25.7 Å². The first-order valence-corrected chi connectivity index (χ1v) is 37.6. The summed E-state index contributed by atoms with van der Waals surface area (Å²) < 4.78 is 68.1. The zero-order chi connectivity index (χ0) is 62.8. The topological polar surface area (TPSA) is 237 Å². The Labute approximate surface area is 517 Å². The number of hydrogen-bond acceptors (Lipinski definition) is 15. The maximum Gasteiger partial charge on any atom is 0.472 e. The van der Waals surface area contributed by atoms with Crippen molar-refractivity contribution in [1.82, 2.24) is 0 Å². The number of carbonyl (C=O) groups is 4. The summed E-state index contributed by atoms with van der Waals surface area (Å²) in [7, 11) is -9.89. The normalized spacial score (nSPS) is 14.2. The van der Waals surface area contributed by atoms with E-state index in [4.69, 9.17) is 37.0 Å². The van der Waals surface area contributed by atoms with Crippen molar-refractivity contribution >= 4 is 39.5 Å². The van der Waals surface area contributed by atoms with Crippen molar-refractivity contribution in [3.63, 3.8) is 0 Å². The third-order valence-corrected chi connectivity index (χ3v) is 17.2. The molecule has 0 aliphatic heterocycles. The van der Waals surface area contributed by atoms with Crippen LogP contribution >= 0.6 is 15.6 Å². The zero-order valence-electron chi connectivity index (χ0n) is 54.7. The molecule has 0 aliphatic carbocycles. The Balaban J connectivity index is 5.23. The molecule has 0 radical (unpaired) electrons. The summed E-state index contributed by atoms with van der Waals surface area (Å²) in [5.74, 6) is -1.36. The number of aliphatic hydroxyl groups is 1. The second kappa shape index (κ2) is 59.7. The van der Waals surface area contributed by atoms with E-state index in [1.807, 2.05) is 0 Å². The van der Waals surface area contributed by atoms with Gasteiger partial charge in [0.25, 0.3) is 0 Å². The smallest absolute Gasteiger partial charge is 0.462 e. The number of hydrogen-bond donors (Lipinski definition) is 3. The van der Waals surface area contributed by atoms with Crippen LogP contribution < -0.4 is 0 Å². The van der Waals surface area contributed by atoms with Crippen molar-refractivity contribution in [3.05, 3.63) is 0 Å². The molecule has 0 aromatic rings. The summed E-state index contributed by atoms with van der Waals surface area (Å²) in [4.78, 5) is 72.3. The van der Waals surface area contributed by atoms with E-state index in [9.17, 15) is 43.2 Å². The van der Waals surface area contributed by atoms with Crippen molar-refractivity contribution in [3.8, 4) is 0 Å². The van der Waals surface area contributed by atoms with Crippen LogP contribution in [0.2, 0.25) is 0 Å². The molecule has 504 valence electrons. The monoisotopic (exact) mass is 1250 g/mol. The third kappa shape index (κ3) is 60.7. The van der Waals surface area contributed by atoms with Crippen LogP contribution in [-0.2, 0) is 65.4 Å². The Morgan fingerprint density at radius 2 is 0.541 bits per heavy atom. The molecule has 0 spiro atoms. The number of phosphoric acid groups is 2. The minimum atomic E-state index is -4.95. The highest BCUT2D eigenvalue weighted by Crippen LogP contribution is 2.45. The van der Waals surface area contributed by atoms with Gasteiger partial charge in [-0.05, 0) is 31.6 Å². The lowest BCUT2D eigenvalue weighted by Gasteiger charge is -2.21. The van der Waals surface area contributed by atoms with Gasteiger partial charge in [-0.1, -0.05) is 285 Å². The molecule has 0 saturated heterocycles. The molecule has 85 heavy (non-hydrogen) atoms. The van der Waals surface area contributed by atoms with Crippen LogP contribution in [0.5, 0.6) is 0 Å². The number of esters is 4. The lowest BCUT2D eigenvalue weighted by molar-refractivity contribution is -0.161. The van der Waals surface area contributed by atoms with Crippen LogP contribution in [0.25, 0.3) is 0 Å². The average Bonchev–Trinajstić information content (AvgIpc) is 3.61. The maximum atomic E-state index is 13.0. The minimum Gasteiger partial charge on any atom is -0.462 e. The number of phosphoric ester groups is 2. The molecule has 0 aromatic heterocycles. The van der Waals surface area contributed by atoms with Gasteiger partial charge in [-0.15, -0.1) is 0 Å². The summed E-state index contributed by atoms with van der Waals surface area (Å²) in [6.07, 6.45) is 44.3. The third-order valence-electron chi connectivity index (χ3n) is 15.3. The van der Waals surface area contributed by atoms with Crippen LogP contribution in [0.3, 0.4) is 0 Å². The van der Waals surface area contributed by atoms with Gasteiger partial charge >= 0.3 is 39.5 Å². The van der Waals surface area contributed by atoms with E-state index in [2.05, 4.69) is 34.6 Å². The summed E-state index contributed by atoms with van der Waals surface area (Å²) in [6, 6.07) is 0. The van der Waals surface area contributed by atoms with Gasteiger partial charge in [0, 0.05) is 25.7 Å². The quantitative estimate of drug-likeness (QED) is 0.0222. The largest absolute Gasteiger partial charge is 0.472 e. The molecular formula is C66H128O17P2. The van der Waals surface area contributed by atoms with Crippen molar-refractivity contribution < 1.29 is 80.2 Å². The summed E-state index contributed by atoms with van der Waals surface area (Å²) in [6.45, 7) is 7.19. The molecule has 5 atom stereocenters. The lowest BCUT2D eigenvalue weighted by Crippen LogP contribution is -2.30. The second-order valence-corrected chi connectivity index (χ2v) is 27.2. The molecule has 17 nitrogen and oxygen atoms in total. The fourth-order valence-corrected chi connectivity index (χ4v) is 11.5. The fraction of sp³-hybridized carbons (Fsp3) is 0.939. The van der Waals surface area contributed by atoms with Gasteiger partial charge < -0.3 is 33.8 Å². The average molecular weight is 1260 g/mol. The number of ether oxygens (including phenoxy) is 4. The van der Waals surface area contributed by atoms with Gasteiger partial charge in [0.1, 0.15) is 19.3 Å². The fourth-order valence-electron chi connectivity index (χ4n) is 9.94. The van der Waals surface area contributed by atoms with Gasteiger partial charge in [-0.2, -0.15) is 0 Å². The number of rotatable bonds is 66. The first-order chi connectivity index (χ1) is 41.0. The molecular weight excluding hydrogens is 1130 g/mol. The highest BCUT2D eigenvalue weighted by molar-refractivity contribution is 7.47. The van der Waals surface area contributed by atoms with Gasteiger partial charge in [0.2, 0.25) is 0 Å². The summed E-state index contributed by atoms with van der Waals surface area (Å²) >= 11 is 0. The Kier molecular flexibility index (Phi) is 58.3. The van der Waals surface area contributed by atoms with Gasteiger partial charge in [0.15, 0.2) is 12.2 Å². The lowest BCUT2D eigenvalue weighted by atomic mass is 10.0. The predicted molar refractivity (Wildman–Crippen MR) is 340 cm³/mol. The van der Waals surface area contributed by atoms with E-state index in [1.54, 1.807) is 0 Å². The SMILES string of the molecule is CCCCCCCCCCCCCCC(=O)OC[C@H](COP(=O)(O)OC[C@@H](O)COP(=O)(O)OC[C@@H](COC(=O)CCCCCCCCCCC)OC(=O)CCCCCCCCCCCC)OC(=O)CCCCCCCCCCCCCC(C)C. The number of carbonyl (C=O) groups excluding carboxylic acids is 4. The molecule has 3 N–H and O–H groups in total. The molecule has 0 aliphatic rings. The molecule has 0 heterocycles. The first kappa shape index (κ1) is 83.1. The number of aliphatic hydroxyl groups excluding tert-OH is 1. The van der Waals surface area contributed by atoms with Crippen LogP contribution in [0, 0.1) is 5.92 Å². The molecule has 0 rings (SSSR count).